The molecule has 3 heteroatoms. The third-order valence-electron chi connectivity index (χ3n) is 1.89. The maximum absolute atomic E-state index is 4.13. The molecular formula is C9H17N3. The third kappa shape index (κ3) is 3.05. The lowest BCUT2D eigenvalue weighted by Gasteiger charge is -2.10. The van der Waals surface area contributed by atoms with Crippen molar-refractivity contribution >= 4 is 0 Å². The van der Waals surface area contributed by atoms with Crippen LogP contribution in [0.25, 0.3) is 0 Å². The molecule has 0 aliphatic heterocycles. The minimum atomic E-state index is 0.583. The second-order valence-electron chi connectivity index (χ2n) is 3.11. The van der Waals surface area contributed by atoms with Crippen LogP contribution in [-0.4, -0.2) is 16.0 Å². The van der Waals surface area contributed by atoms with E-state index in [4.69, 9.17) is 0 Å². The smallest absolute Gasteiger partial charge is 0.120 e. The molecule has 1 aromatic heterocycles. The van der Waals surface area contributed by atoms with E-state index in [-0.39, 0.29) is 0 Å². The fourth-order valence-electron chi connectivity index (χ4n) is 1.20. The van der Waals surface area contributed by atoms with Crippen molar-refractivity contribution < 1.29 is 0 Å². The molecule has 0 aliphatic rings. The number of aromatic nitrogens is 2. The van der Waals surface area contributed by atoms with E-state index in [1.807, 2.05) is 6.20 Å². The fraction of sp³-hybridized carbons (Fsp3) is 0.667. The van der Waals surface area contributed by atoms with Crippen LogP contribution in [-0.2, 0) is 6.54 Å². The summed E-state index contributed by atoms with van der Waals surface area (Å²) in [5, 5.41) is 3.39. The Morgan fingerprint density at radius 1 is 1.67 bits per heavy atom. The molecule has 0 radical (unpaired) electrons. The Morgan fingerprint density at radius 2 is 2.50 bits per heavy atom. The summed E-state index contributed by atoms with van der Waals surface area (Å²) in [6.45, 7) is 5.24. The molecule has 1 unspecified atom stereocenters. The Morgan fingerprint density at radius 3 is 3.08 bits per heavy atom. The van der Waals surface area contributed by atoms with Gasteiger partial charge in [0.25, 0.3) is 0 Å². The fourth-order valence-corrected chi connectivity index (χ4v) is 1.20. The van der Waals surface area contributed by atoms with E-state index in [0.29, 0.717) is 6.04 Å². The predicted octanol–water partition coefficient (Wildman–Crippen LogP) is 1.69. The Bertz CT molecular complexity index is 194. The molecule has 0 spiro atoms. The minimum absolute atomic E-state index is 0.583. The summed E-state index contributed by atoms with van der Waals surface area (Å²) in [5.74, 6) is 1.01. The van der Waals surface area contributed by atoms with Gasteiger partial charge in [0.2, 0.25) is 0 Å². The Balaban J connectivity index is 2.17. The molecule has 1 heterocycles. The first-order chi connectivity index (χ1) is 5.83. The number of nitrogens with one attached hydrogen (secondary N) is 2. The molecule has 0 saturated carbocycles. The van der Waals surface area contributed by atoms with E-state index < -0.39 is 0 Å². The van der Waals surface area contributed by atoms with Gasteiger partial charge in [-0.25, -0.2) is 4.98 Å². The topological polar surface area (TPSA) is 40.7 Å². The van der Waals surface area contributed by atoms with E-state index >= 15 is 0 Å². The van der Waals surface area contributed by atoms with Crippen molar-refractivity contribution in [2.75, 3.05) is 0 Å². The first kappa shape index (κ1) is 9.26. The van der Waals surface area contributed by atoms with Gasteiger partial charge in [0.1, 0.15) is 5.82 Å². The van der Waals surface area contributed by atoms with E-state index in [1.54, 1.807) is 6.20 Å². The summed E-state index contributed by atoms with van der Waals surface area (Å²) in [4.78, 5) is 7.19. The van der Waals surface area contributed by atoms with E-state index in [1.165, 1.54) is 12.8 Å². The minimum Gasteiger partial charge on any atom is -0.348 e. The molecule has 12 heavy (non-hydrogen) atoms. The molecule has 0 saturated heterocycles. The van der Waals surface area contributed by atoms with Crippen LogP contribution in [0.3, 0.4) is 0 Å². The van der Waals surface area contributed by atoms with Crippen LogP contribution in [0.1, 0.15) is 32.5 Å². The van der Waals surface area contributed by atoms with Crippen LogP contribution in [0, 0.1) is 0 Å². The van der Waals surface area contributed by atoms with Gasteiger partial charge < -0.3 is 10.3 Å². The van der Waals surface area contributed by atoms with Crippen molar-refractivity contribution in [3.63, 3.8) is 0 Å². The Hall–Kier alpha value is -0.830. The highest BCUT2D eigenvalue weighted by Gasteiger charge is 1.99. The quantitative estimate of drug-likeness (QED) is 0.700. The Labute approximate surface area is 73.6 Å². The zero-order chi connectivity index (χ0) is 8.81. The van der Waals surface area contributed by atoms with Gasteiger partial charge >= 0.3 is 0 Å². The first-order valence-electron chi connectivity index (χ1n) is 4.54. The number of H-pyrrole nitrogens is 1. The van der Waals surface area contributed by atoms with Gasteiger partial charge in [0, 0.05) is 18.4 Å². The lowest BCUT2D eigenvalue weighted by molar-refractivity contribution is 0.501. The van der Waals surface area contributed by atoms with Gasteiger partial charge in [-0.2, -0.15) is 0 Å². The monoisotopic (exact) mass is 167 g/mol. The lowest BCUT2D eigenvalue weighted by Crippen LogP contribution is -2.25. The van der Waals surface area contributed by atoms with E-state index in [9.17, 15) is 0 Å². The zero-order valence-corrected chi connectivity index (χ0v) is 7.80. The number of hydrogen-bond acceptors (Lipinski definition) is 2. The van der Waals surface area contributed by atoms with Gasteiger partial charge in [-0.1, -0.05) is 13.3 Å². The van der Waals surface area contributed by atoms with Crippen LogP contribution >= 0.6 is 0 Å². The average molecular weight is 167 g/mol. The molecular weight excluding hydrogens is 150 g/mol. The standard InChI is InChI=1S/C9H17N3/c1-3-4-8(2)12-7-9-10-5-6-11-9/h5-6,8,12H,3-4,7H2,1-2H3,(H,10,11). The van der Waals surface area contributed by atoms with Crippen LogP contribution in [0.4, 0.5) is 0 Å². The lowest BCUT2D eigenvalue weighted by atomic mass is 10.2. The van der Waals surface area contributed by atoms with Crippen LogP contribution < -0.4 is 5.32 Å². The van der Waals surface area contributed by atoms with Crippen LogP contribution in [0.2, 0.25) is 0 Å². The van der Waals surface area contributed by atoms with Crippen molar-refractivity contribution in [1.29, 1.82) is 0 Å². The van der Waals surface area contributed by atoms with Crippen LogP contribution in [0.5, 0.6) is 0 Å². The second-order valence-corrected chi connectivity index (χ2v) is 3.11. The molecule has 2 N–H and O–H groups in total. The summed E-state index contributed by atoms with van der Waals surface area (Å²) in [6, 6.07) is 0.583. The number of hydrogen-bond donors (Lipinski definition) is 2. The summed E-state index contributed by atoms with van der Waals surface area (Å²) < 4.78 is 0. The SMILES string of the molecule is CCCC(C)NCc1ncc[nH]1. The molecule has 0 aromatic carbocycles. The highest BCUT2D eigenvalue weighted by Crippen LogP contribution is 1.96. The van der Waals surface area contributed by atoms with Gasteiger partial charge in [0.15, 0.2) is 0 Å². The van der Waals surface area contributed by atoms with Crippen molar-refractivity contribution in [3.8, 4) is 0 Å². The molecule has 3 nitrogen and oxygen atoms in total. The summed E-state index contributed by atoms with van der Waals surface area (Å²) in [6.07, 6.45) is 6.08. The number of rotatable bonds is 5. The molecule has 1 atom stereocenters. The van der Waals surface area contributed by atoms with Gasteiger partial charge in [-0.15, -0.1) is 0 Å². The summed E-state index contributed by atoms with van der Waals surface area (Å²) in [7, 11) is 0. The second kappa shape index (κ2) is 4.93. The number of aromatic amines is 1. The van der Waals surface area contributed by atoms with Crippen molar-refractivity contribution in [2.24, 2.45) is 0 Å². The predicted molar refractivity (Wildman–Crippen MR) is 49.8 cm³/mol. The third-order valence-corrected chi connectivity index (χ3v) is 1.89. The van der Waals surface area contributed by atoms with Crippen molar-refractivity contribution in [3.05, 3.63) is 18.2 Å². The van der Waals surface area contributed by atoms with Crippen molar-refractivity contribution in [2.45, 2.75) is 39.3 Å². The van der Waals surface area contributed by atoms with Crippen LogP contribution in [0.15, 0.2) is 12.4 Å². The highest BCUT2D eigenvalue weighted by molar-refractivity contribution is 4.86. The molecule has 0 bridgehead atoms. The number of imidazole rings is 1. The molecule has 0 fully saturated rings. The number of nitrogens with zero attached hydrogens (tertiary/aromatic N) is 1. The summed E-state index contributed by atoms with van der Waals surface area (Å²) >= 11 is 0. The van der Waals surface area contributed by atoms with Gasteiger partial charge in [0.05, 0.1) is 6.54 Å². The average Bonchev–Trinajstić information content (AvgIpc) is 2.53. The van der Waals surface area contributed by atoms with E-state index in [2.05, 4.69) is 29.1 Å². The maximum atomic E-state index is 4.13. The molecule has 1 aromatic rings. The molecule has 0 amide bonds. The first-order valence-corrected chi connectivity index (χ1v) is 4.54. The maximum Gasteiger partial charge on any atom is 0.120 e. The normalized spacial score (nSPS) is 13.2. The largest absolute Gasteiger partial charge is 0.348 e. The highest BCUT2D eigenvalue weighted by atomic mass is 15.0. The van der Waals surface area contributed by atoms with Gasteiger partial charge in [-0.3, -0.25) is 0 Å². The zero-order valence-electron chi connectivity index (χ0n) is 7.80. The molecule has 0 aliphatic carbocycles. The molecule has 68 valence electrons. The molecule has 1 rings (SSSR count). The Kier molecular flexibility index (Phi) is 3.80. The van der Waals surface area contributed by atoms with Crippen molar-refractivity contribution in [1.82, 2.24) is 15.3 Å². The van der Waals surface area contributed by atoms with Gasteiger partial charge in [-0.05, 0) is 13.3 Å². The van der Waals surface area contributed by atoms with E-state index in [0.717, 1.165) is 12.4 Å². The summed E-state index contributed by atoms with van der Waals surface area (Å²) in [5.41, 5.74) is 0.